The van der Waals surface area contributed by atoms with Gasteiger partial charge in [0.2, 0.25) is 11.8 Å². The third-order valence-electron chi connectivity index (χ3n) is 4.71. The number of ether oxygens (including phenoxy) is 2. The molecule has 1 N–H and O–H groups in total. The summed E-state index contributed by atoms with van der Waals surface area (Å²) in [7, 11) is 3.17. The Hall–Kier alpha value is -2.22. The summed E-state index contributed by atoms with van der Waals surface area (Å²) in [6.45, 7) is 2.26. The summed E-state index contributed by atoms with van der Waals surface area (Å²) in [5.74, 6) is 2.66. The molecule has 1 saturated carbocycles. The summed E-state index contributed by atoms with van der Waals surface area (Å²) >= 11 is 1.24. The Kier molecular flexibility index (Phi) is 6.60. The van der Waals surface area contributed by atoms with Crippen LogP contribution in [-0.2, 0) is 4.79 Å². The lowest BCUT2D eigenvalue weighted by Gasteiger charge is -2.26. The SMILES string of the molecule is COc1cc(OC)cc(-c2nnc(SCC(=O)NC3CCC(C)CC3)o2)c1. The molecular formula is C19H25N3O4S. The highest BCUT2D eigenvalue weighted by Gasteiger charge is 2.20. The Morgan fingerprint density at radius 3 is 2.44 bits per heavy atom. The van der Waals surface area contributed by atoms with E-state index >= 15 is 0 Å². The van der Waals surface area contributed by atoms with Crippen LogP contribution in [0.15, 0.2) is 27.8 Å². The Morgan fingerprint density at radius 1 is 1.15 bits per heavy atom. The molecule has 1 aromatic heterocycles. The second kappa shape index (κ2) is 9.12. The fourth-order valence-corrected chi connectivity index (χ4v) is 3.69. The minimum absolute atomic E-state index is 0.00218. The number of methoxy groups -OCH3 is 2. The van der Waals surface area contributed by atoms with E-state index in [0.717, 1.165) is 18.8 Å². The van der Waals surface area contributed by atoms with E-state index in [9.17, 15) is 4.79 Å². The van der Waals surface area contributed by atoms with Crippen LogP contribution >= 0.6 is 11.8 Å². The van der Waals surface area contributed by atoms with Gasteiger partial charge >= 0.3 is 0 Å². The highest BCUT2D eigenvalue weighted by molar-refractivity contribution is 7.99. The summed E-state index contributed by atoms with van der Waals surface area (Å²) in [5.41, 5.74) is 0.700. The smallest absolute Gasteiger partial charge is 0.277 e. The van der Waals surface area contributed by atoms with Crippen LogP contribution in [0.4, 0.5) is 0 Å². The first-order valence-corrected chi connectivity index (χ1v) is 10.0. The lowest BCUT2D eigenvalue weighted by Crippen LogP contribution is -2.38. The number of carbonyl (C=O) groups is 1. The van der Waals surface area contributed by atoms with Crippen LogP contribution in [0.25, 0.3) is 11.5 Å². The largest absolute Gasteiger partial charge is 0.497 e. The van der Waals surface area contributed by atoms with Crippen LogP contribution < -0.4 is 14.8 Å². The van der Waals surface area contributed by atoms with E-state index in [0.29, 0.717) is 28.2 Å². The maximum Gasteiger partial charge on any atom is 0.277 e. The van der Waals surface area contributed by atoms with Crippen molar-refractivity contribution in [2.24, 2.45) is 5.92 Å². The molecule has 0 radical (unpaired) electrons. The van der Waals surface area contributed by atoms with Crippen molar-refractivity contribution in [2.75, 3.05) is 20.0 Å². The van der Waals surface area contributed by atoms with E-state index in [1.807, 2.05) is 0 Å². The van der Waals surface area contributed by atoms with Crippen molar-refractivity contribution in [2.45, 2.75) is 43.9 Å². The zero-order valence-electron chi connectivity index (χ0n) is 15.9. The molecule has 1 aromatic carbocycles. The van der Waals surface area contributed by atoms with Crippen molar-refractivity contribution in [3.8, 4) is 23.0 Å². The number of benzene rings is 1. The Morgan fingerprint density at radius 2 is 1.81 bits per heavy atom. The first-order valence-electron chi connectivity index (χ1n) is 9.06. The van der Waals surface area contributed by atoms with Gasteiger partial charge in [0.05, 0.1) is 20.0 Å². The summed E-state index contributed by atoms with van der Waals surface area (Å²) in [4.78, 5) is 12.2. The van der Waals surface area contributed by atoms with Crippen molar-refractivity contribution >= 4 is 17.7 Å². The molecule has 0 spiro atoms. The maximum absolute atomic E-state index is 12.2. The molecule has 27 heavy (non-hydrogen) atoms. The molecule has 7 nitrogen and oxygen atoms in total. The summed E-state index contributed by atoms with van der Waals surface area (Å²) in [6, 6.07) is 5.64. The molecule has 1 heterocycles. The van der Waals surface area contributed by atoms with Crippen LogP contribution in [0.3, 0.4) is 0 Å². The molecule has 2 aromatic rings. The number of amides is 1. The number of aromatic nitrogens is 2. The van der Waals surface area contributed by atoms with Crippen molar-refractivity contribution in [3.05, 3.63) is 18.2 Å². The van der Waals surface area contributed by atoms with Gasteiger partial charge in [0.1, 0.15) is 11.5 Å². The molecule has 0 atom stereocenters. The van der Waals surface area contributed by atoms with Crippen LogP contribution in [0.1, 0.15) is 32.6 Å². The Balaban J connectivity index is 1.56. The molecule has 0 unspecified atom stereocenters. The van der Waals surface area contributed by atoms with Crippen molar-refractivity contribution in [1.29, 1.82) is 0 Å². The van der Waals surface area contributed by atoms with Gasteiger partial charge in [0, 0.05) is 17.7 Å². The van der Waals surface area contributed by atoms with Crippen LogP contribution in [0.2, 0.25) is 0 Å². The van der Waals surface area contributed by atoms with E-state index in [2.05, 4.69) is 22.4 Å². The molecule has 146 valence electrons. The summed E-state index contributed by atoms with van der Waals surface area (Å²) in [6.07, 6.45) is 4.46. The van der Waals surface area contributed by atoms with Crippen LogP contribution in [0, 0.1) is 5.92 Å². The van der Waals surface area contributed by atoms with Crippen molar-refractivity contribution < 1.29 is 18.7 Å². The second-order valence-corrected chi connectivity index (χ2v) is 7.71. The maximum atomic E-state index is 12.2. The number of hydrogen-bond acceptors (Lipinski definition) is 7. The number of nitrogens with one attached hydrogen (secondary N) is 1. The first-order chi connectivity index (χ1) is 13.1. The number of thioether (sulfide) groups is 1. The zero-order chi connectivity index (χ0) is 19.2. The second-order valence-electron chi connectivity index (χ2n) is 6.79. The highest BCUT2D eigenvalue weighted by atomic mass is 32.2. The summed E-state index contributed by atoms with van der Waals surface area (Å²) < 4.78 is 16.2. The number of hydrogen-bond donors (Lipinski definition) is 1. The van der Waals surface area contributed by atoms with E-state index in [1.165, 1.54) is 24.6 Å². The molecule has 1 aliphatic carbocycles. The van der Waals surface area contributed by atoms with Crippen molar-refractivity contribution in [3.63, 3.8) is 0 Å². The third-order valence-corrected chi connectivity index (χ3v) is 5.53. The van der Waals surface area contributed by atoms with Gasteiger partial charge in [-0.25, -0.2) is 0 Å². The zero-order valence-corrected chi connectivity index (χ0v) is 16.7. The Bertz CT molecular complexity index is 750. The standard InChI is InChI=1S/C19H25N3O4S/c1-12-4-6-14(7-5-12)20-17(23)11-27-19-22-21-18(26-19)13-8-15(24-2)10-16(9-13)25-3/h8-10,12,14H,4-7,11H2,1-3H3,(H,20,23). The van der Waals surface area contributed by atoms with Gasteiger partial charge in [-0.3, -0.25) is 4.79 Å². The molecule has 1 fully saturated rings. The van der Waals surface area contributed by atoms with Gasteiger partial charge in [-0.15, -0.1) is 10.2 Å². The predicted octanol–water partition coefficient (Wildman–Crippen LogP) is 3.54. The lowest BCUT2D eigenvalue weighted by atomic mass is 9.87. The average molecular weight is 391 g/mol. The minimum atomic E-state index is 0.00218. The Labute approximate surface area is 163 Å². The van der Waals surface area contributed by atoms with Gasteiger partial charge in [-0.2, -0.15) is 0 Å². The van der Waals surface area contributed by atoms with E-state index in [1.54, 1.807) is 32.4 Å². The number of carbonyl (C=O) groups excluding carboxylic acids is 1. The van der Waals surface area contributed by atoms with Gasteiger partial charge in [-0.1, -0.05) is 18.7 Å². The number of nitrogens with zero attached hydrogens (tertiary/aromatic N) is 2. The van der Waals surface area contributed by atoms with E-state index in [-0.39, 0.29) is 17.7 Å². The normalized spacial score (nSPS) is 19.5. The van der Waals surface area contributed by atoms with Crippen LogP contribution in [0.5, 0.6) is 11.5 Å². The fourth-order valence-electron chi connectivity index (χ4n) is 3.12. The number of rotatable bonds is 7. The topological polar surface area (TPSA) is 86.5 Å². The van der Waals surface area contributed by atoms with Crippen LogP contribution in [-0.4, -0.2) is 42.1 Å². The molecule has 1 aliphatic rings. The molecule has 1 amide bonds. The fraction of sp³-hybridized carbons (Fsp3) is 0.526. The molecule has 0 aliphatic heterocycles. The molecular weight excluding hydrogens is 366 g/mol. The van der Waals surface area contributed by atoms with E-state index in [4.69, 9.17) is 13.9 Å². The van der Waals surface area contributed by atoms with Gasteiger partial charge in [0.25, 0.3) is 5.22 Å². The molecule has 8 heteroatoms. The minimum Gasteiger partial charge on any atom is -0.497 e. The molecule has 3 rings (SSSR count). The molecule has 0 saturated heterocycles. The molecule has 0 bridgehead atoms. The third kappa shape index (κ3) is 5.38. The lowest BCUT2D eigenvalue weighted by molar-refractivity contribution is -0.119. The van der Waals surface area contributed by atoms with E-state index < -0.39 is 0 Å². The summed E-state index contributed by atoms with van der Waals surface area (Å²) in [5, 5.41) is 11.5. The van der Waals surface area contributed by atoms with Gasteiger partial charge < -0.3 is 19.2 Å². The highest BCUT2D eigenvalue weighted by Crippen LogP contribution is 2.30. The predicted molar refractivity (Wildman–Crippen MR) is 103 cm³/mol. The van der Waals surface area contributed by atoms with Gasteiger partial charge in [0.15, 0.2) is 0 Å². The average Bonchev–Trinajstić information content (AvgIpc) is 3.17. The monoisotopic (exact) mass is 391 g/mol. The quantitative estimate of drug-likeness (QED) is 0.722. The van der Waals surface area contributed by atoms with Crippen molar-refractivity contribution in [1.82, 2.24) is 15.5 Å². The van der Waals surface area contributed by atoms with Gasteiger partial charge in [-0.05, 0) is 43.7 Å². The first kappa shape index (κ1) is 19.5.